The summed E-state index contributed by atoms with van der Waals surface area (Å²) in [6.45, 7) is 3.13. The lowest BCUT2D eigenvalue weighted by molar-refractivity contribution is -0.140. The summed E-state index contributed by atoms with van der Waals surface area (Å²) in [4.78, 5) is 14.2. The van der Waals surface area contributed by atoms with Gasteiger partial charge in [-0.3, -0.25) is 0 Å². The van der Waals surface area contributed by atoms with Crippen molar-refractivity contribution in [3.05, 3.63) is 33.1 Å². The lowest BCUT2D eigenvalue weighted by Gasteiger charge is -2.32. The van der Waals surface area contributed by atoms with Gasteiger partial charge in [0.25, 0.3) is 0 Å². The minimum Gasteiger partial charge on any atom is -0.356 e. The van der Waals surface area contributed by atoms with Crippen molar-refractivity contribution in [1.82, 2.24) is 15.0 Å². The Morgan fingerprint density at radius 1 is 1.30 bits per heavy atom. The quantitative estimate of drug-likeness (QED) is 0.747. The maximum atomic E-state index is 12.7. The van der Waals surface area contributed by atoms with Crippen LogP contribution in [-0.2, 0) is 6.18 Å². The van der Waals surface area contributed by atoms with E-state index in [4.69, 9.17) is 11.6 Å². The molecule has 0 spiro atoms. The van der Waals surface area contributed by atoms with Gasteiger partial charge < -0.3 is 4.90 Å². The second kappa shape index (κ2) is 6.24. The van der Waals surface area contributed by atoms with Crippen molar-refractivity contribution < 1.29 is 13.2 Å². The van der Waals surface area contributed by atoms with E-state index >= 15 is 0 Å². The summed E-state index contributed by atoms with van der Waals surface area (Å²) in [5, 5.41) is 1.97. The number of anilines is 1. The molecule has 2 aromatic heterocycles. The Kier molecular flexibility index (Phi) is 4.46. The normalized spacial score (nSPS) is 19.2. The first-order valence-electron chi connectivity index (χ1n) is 7.11. The van der Waals surface area contributed by atoms with Gasteiger partial charge in [0.2, 0.25) is 0 Å². The highest BCUT2D eigenvalue weighted by Crippen LogP contribution is 2.35. The minimum atomic E-state index is -4.39. The second-order valence-corrected chi connectivity index (χ2v) is 6.73. The van der Waals surface area contributed by atoms with Crippen molar-refractivity contribution in [2.75, 3.05) is 18.0 Å². The molecule has 1 unspecified atom stereocenters. The van der Waals surface area contributed by atoms with Gasteiger partial charge in [0.15, 0.2) is 5.69 Å². The van der Waals surface area contributed by atoms with E-state index in [1.54, 1.807) is 13.0 Å². The van der Waals surface area contributed by atoms with Crippen LogP contribution in [0.2, 0.25) is 5.15 Å². The number of alkyl halides is 3. The van der Waals surface area contributed by atoms with Crippen LogP contribution in [0.25, 0.3) is 0 Å². The molecule has 0 bridgehead atoms. The zero-order chi connectivity index (χ0) is 16.6. The minimum absolute atomic E-state index is 0.0288. The highest BCUT2D eigenvalue weighted by atomic mass is 35.5. The Bertz CT molecular complexity index is 683. The molecule has 0 radical (unpaired) electrons. The lowest BCUT2D eigenvalue weighted by atomic mass is 9.99. The van der Waals surface area contributed by atoms with Gasteiger partial charge in [-0.2, -0.15) is 13.2 Å². The Labute approximate surface area is 140 Å². The first kappa shape index (κ1) is 16.4. The second-order valence-electron chi connectivity index (χ2n) is 5.45. The molecule has 0 N–H and O–H groups in total. The van der Waals surface area contributed by atoms with Gasteiger partial charge in [0, 0.05) is 30.5 Å². The first-order valence-corrected chi connectivity index (χ1v) is 8.37. The number of hydrogen-bond acceptors (Lipinski definition) is 5. The maximum absolute atomic E-state index is 12.7. The molecule has 4 nitrogen and oxygen atoms in total. The molecular formula is C14H14ClF3N4S. The maximum Gasteiger partial charge on any atom is 0.434 e. The van der Waals surface area contributed by atoms with E-state index in [0.29, 0.717) is 28.3 Å². The van der Waals surface area contributed by atoms with Crippen molar-refractivity contribution in [2.45, 2.75) is 31.9 Å². The molecular weight excluding hydrogens is 349 g/mol. The standard InChI is InChI=1S/C14H14ClF3N4S/c1-8-19-11(15)5-12(20-8)22-4-2-3-9(6-22)13-21-10(7-23-13)14(16,17)18/h5,7,9H,2-4,6H2,1H3. The van der Waals surface area contributed by atoms with Gasteiger partial charge in [-0.15, -0.1) is 11.3 Å². The fourth-order valence-corrected chi connectivity index (χ4v) is 3.85. The number of aromatic nitrogens is 3. The van der Waals surface area contributed by atoms with Crippen LogP contribution >= 0.6 is 22.9 Å². The third kappa shape index (κ3) is 3.74. The highest BCUT2D eigenvalue weighted by molar-refractivity contribution is 7.09. The molecule has 0 aliphatic carbocycles. The molecule has 1 saturated heterocycles. The van der Waals surface area contributed by atoms with E-state index in [1.165, 1.54) is 0 Å². The summed E-state index contributed by atoms with van der Waals surface area (Å²) < 4.78 is 38.1. The molecule has 124 valence electrons. The summed E-state index contributed by atoms with van der Waals surface area (Å²) in [5.41, 5.74) is -0.810. The van der Waals surface area contributed by atoms with Crippen LogP contribution in [0.5, 0.6) is 0 Å². The largest absolute Gasteiger partial charge is 0.434 e. The molecule has 9 heteroatoms. The fraction of sp³-hybridized carbons (Fsp3) is 0.500. The van der Waals surface area contributed by atoms with Crippen molar-refractivity contribution in [2.24, 2.45) is 0 Å². The van der Waals surface area contributed by atoms with Crippen LogP contribution < -0.4 is 4.90 Å². The Hall–Kier alpha value is -1.41. The number of rotatable bonds is 2. The molecule has 0 saturated carbocycles. The number of aryl methyl sites for hydroxylation is 1. The fourth-order valence-electron chi connectivity index (χ4n) is 2.67. The Morgan fingerprint density at radius 3 is 2.74 bits per heavy atom. The van der Waals surface area contributed by atoms with Crippen LogP contribution in [-0.4, -0.2) is 28.0 Å². The number of halogens is 4. The zero-order valence-electron chi connectivity index (χ0n) is 12.3. The molecule has 1 aliphatic heterocycles. The summed E-state index contributed by atoms with van der Waals surface area (Å²) >= 11 is 7.03. The van der Waals surface area contributed by atoms with Gasteiger partial charge in [-0.25, -0.2) is 15.0 Å². The molecule has 1 fully saturated rings. The van der Waals surface area contributed by atoms with Gasteiger partial charge in [0.05, 0.1) is 5.01 Å². The summed E-state index contributed by atoms with van der Waals surface area (Å²) in [5.74, 6) is 1.25. The number of thiazole rings is 1. The van der Waals surface area contributed by atoms with Crippen molar-refractivity contribution in [3.8, 4) is 0 Å². The molecule has 3 rings (SSSR count). The van der Waals surface area contributed by atoms with Crippen LogP contribution in [0.1, 0.15) is 35.3 Å². The van der Waals surface area contributed by atoms with E-state index < -0.39 is 11.9 Å². The smallest absolute Gasteiger partial charge is 0.356 e. The van der Waals surface area contributed by atoms with Crippen LogP contribution in [0, 0.1) is 6.92 Å². The Balaban J connectivity index is 1.79. The van der Waals surface area contributed by atoms with E-state index in [9.17, 15) is 13.2 Å². The summed E-state index contributed by atoms with van der Waals surface area (Å²) in [6, 6.07) is 1.68. The van der Waals surface area contributed by atoms with E-state index in [-0.39, 0.29) is 5.92 Å². The number of hydrogen-bond donors (Lipinski definition) is 0. The average Bonchev–Trinajstić information content (AvgIpc) is 2.96. The van der Waals surface area contributed by atoms with E-state index in [0.717, 1.165) is 36.1 Å². The van der Waals surface area contributed by atoms with Gasteiger partial charge in [-0.1, -0.05) is 11.6 Å². The van der Waals surface area contributed by atoms with Crippen LogP contribution in [0.3, 0.4) is 0 Å². The lowest BCUT2D eigenvalue weighted by Crippen LogP contribution is -2.35. The first-order chi connectivity index (χ1) is 10.8. The third-order valence-corrected chi connectivity index (χ3v) is 4.90. The molecule has 1 atom stereocenters. The predicted octanol–water partition coefficient (Wildman–Crippen LogP) is 4.30. The summed E-state index contributed by atoms with van der Waals surface area (Å²) in [6.07, 6.45) is -2.70. The molecule has 3 heterocycles. The van der Waals surface area contributed by atoms with Crippen LogP contribution in [0.4, 0.5) is 19.0 Å². The number of piperidine rings is 1. The Morgan fingerprint density at radius 2 is 2.09 bits per heavy atom. The summed E-state index contributed by atoms with van der Waals surface area (Å²) in [7, 11) is 0. The highest BCUT2D eigenvalue weighted by Gasteiger charge is 2.35. The molecule has 23 heavy (non-hydrogen) atoms. The van der Waals surface area contributed by atoms with Crippen molar-refractivity contribution >= 4 is 28.8 Å². The third-order valence-electron chi connectivity index (χ3n) is 3.70. The predicted molar refractivity (Wildman–Crippen MR) is 83.1 cm³/mol. The molecule has 1 aliphatic rings. The van der Waals surface area contributed by atoms with Crippen molar-refractivity contribution in [1.29, 1.82) is 0 Å². The monoisotopic (exact) mass is 362 g/mol. The van der Waals surface area contributed by atoms with Crippen LogP contribution in [0.15, 0.2) is 11.4 Å². The van der Waals surface area contributed by atoms with E-state index in [2.05, 4.69) is 15.0 Å². The van der Waals surface area contributed by atoms with Gasteiger partial charge >= 0.3 is 6.18 Å². The topological polar surface area (TPSA) is 41.9 Å². The SMILES string of the molecule is Cc1nc(Cl)cc(N2CCCC(c3nc(C(F)(F)F)cs3)C2)n1. The van der Waals surface area contributed by atoms with E-state index in [1.807, 2.05) is 4.90 Å². The zero-order valence-corrected chi connectivity index (χ0v) is 13.8. The average molecular weight is 363 g/mol. The molecule has 0 aromatic carbocycles. The van der Waals surface area contributed by atoms with Gasteiger partial charge in [-0.05, 0) is 19.8 Å². The van der Waals surface area contributed by atoms with Gasteiger partial charge in [0.1, 0.15) is 16.8 Å². The van der Waals surface area contributed by atoms with Crippen molar-refractivity contribution in [3.63, 3.8) is 0 Å². The molecule has 0 amide bonds. The number of nitrogens with zero attached hydrogens (tertiary/aromatic N) is 4. The molecule has 2 aromatic rings.